The number of benzene rings is 2. The maximum Gasteiger partial charge on any atom is 0.326 e. The van der Waals surface area contributed by atoms with E-state index >= 15 is 0 Å². The van der Waals surface area contributed by atoms with Gasteiger partial charge in [-0.1, -0.05) is 50.6 Å². The Balaban J connectivity index is 1.28. The van der Waals surface area contributed by atoms with Crippen LogP contribution in [0.3, 0.4) is 0 Å². The minimum atomic E-state index is -1.65. The van der Waals surface area contributed by atoms with Crippen LogP contribution >= 0.6 is 0 Å². The minimum Gasteiger partial charge on any atom is -0.508 e. The lowest BCUT2D eigenvalue weighted by Crippen LogP contribution is -2.60. The summed E-state index contributed by atoms with van der Waals surface area (Å²) in [6.45, 7) is 4.24. The Labute approximate surface area is 329 Å². The van der Waals surface area contributed by atoms with E-state index in [0.29, 0.717) is 31.2 Å². The molecular formula is C40H52N8O9. The summed E-state index contributed by atoms with van der Waals surface area (Å²) in [5, 5.41) is 28.1. The number of phenols is 1. The van der Waals surface area contributed by atoms with E-state index in [0.717, 1.165) is 16.5 Å². The Morgan fingerprint density at radius 3 is 2.19 bits per heavy atom. The fourth-order valence-corrected chi connectivity index (χ4v) is 7.55. The third kappa shape index (κ3) is 10.3. The van der Waals surface area contributed by atoms with E-state index in [1.807, 2.05) is 44.3 Å². The predicted octanol–water partition coefficient (Wildman–Crippen LogP) is 0.429. The molecule has 2 fully saturated rings. The summed E-state index contributed by atoms with van der Waals surface area (Å²) in [6.07, 6.45) is 3.44. The number of hydrogen-bond donors (Lipinski definition) is 8. The molecule has 57 heavy (non-hydrogen) atoms. The zero-order valence-electron chi connectivity index (χ0n) is 32.1. The molecular weight excluding hydrogens is 736 g/mol. The Morgan fingerprint density at radius 2 is 1.53 bits per heavy atom. The van der Waals surface area contributed by atoms with Gasteiger partial charge in [0.1, 0.15) is 36.0 Å². The number of H-pyrrole nitrogens is 1. The van der Waals surface area contributed by atoms with Crippen molar-refractivity contribution in [1.82, 2.24) is 30.7 Å². The molecule has 0 aliphatic carbocycles. The van der Waals surface area contributed by atoms with Crippen molar-refractivity contribution in [3.05, 3.63) is 65.9 Å². The number of aromatic amines is 1. The van der Waals surface area contributed by atoms with E-state index in [4.69, 9.17) is 11.5 Å². The summed E-state index contributed by atoms with van der Waals surface area (Å²) >= 11 is 0. The van der Waals surface area contributed by atoms with Crippen LogP contribution in [0.25, 0.3) is 10.9 Å². The highest BCUT2D eigenvalue weighted by atomic mass is 16.4. The number of carboxylic acid groups (broad SMARTS) is 1. The van der Waals surface area contributed by atoms with Gasteiger partial charge in [-0.2, -0.15) is 0 Å². The highest BCUT2D eigenvalue weighted by molar-refractivity contribution is 5.97. The average molecular weight is 789 g/mol. The molecule has 2 aromatic carbocycles. The van der Waals surface area contributed by atoms with Crippen molar-refractivity contribution in [2.24, 2.45) is 17.4 Å². The number of carbonyl (C=O) groups excluding carboxylic acids is 6. The van der Waals surface area contributed by atoms with Crippen molar-refractivity contribution in [3.63, 3.8) is 0 Å². The molecule has 0 saturated carbocycles. The molecule has 17 nitrogen and oxygen atoms in total. The third-order valence-electron chi connectivity index (χ3n) is 10.9. The Bertz CT molecular complexity index is 1970. The lowest BCUT2D eigenvalue weighted by Gasteiger charge is -2.34. The summed E-state index contributed by atoms with van der Waals surface area (Å²) in [4.78, 5) is 98.6. The van der Waals surface area contributed by atoms with E-state index in [2.05, 4.69) is 20.9 Å². The van der Waals surface area contributed by atoms with Crippen LogP contribution in [0.15, 0.2) is 54.7 Å². The molecule has 306 valence electrons. The van der Waals surface area contributed by atoms with Gasteiger partial charge in [-0.3, -0.25) is 28.8 Å². The van der Waals surface area contributed by atoms with Crippen molar-refractivity contribution in [2.75, 3.05) is 13.1 Å². The number of rotatable bonds is 17. The molecule has 0 bridgehead atoms. The first-order valence-electron chi connectivity index (χ1n) is 19.3. The first-order valence-corrected chi connectivity index (χ1v) is 19.3. The monoisotopic (exact) mass is 788 g/mol. The zero-order chi connectivity index (χ0) is 41.4. The van der Waals surface area contributed by atoms with Gasteiger partial charge >= 0.3 is 5.97 Å². The second-order valence-corrected chi connectivity index (χ2v) is 14.9. The maximum absolute atomic E-state index is 14.3. The number of primary amides is 1. The van der Waals surface area contributed by atoms with Crippen molar-refractivity contribution in [3.8, 4) is 5.75 Å². The number of nitrogens with one attached hydrogen (secondary N) is 4. The lowest BCUT2D eigenvalue weighted by molar-refractivity contribution is -0.148. The quantitative estimate of drug-likeness (QED) is 0.0935. The van der Waals surface area contributed by atoms with Crippen LogP contribution in [-0.4, -0.2) is 116 Å². The van der Waals surface area contributed by atoms with Gasteiger partial charge in [0.2, 0.25) is 35.4 Å². The molecule has 7 atom stereocenters. The average Bonchev–Trinajstić information content (AvgIpc) is 3.97. The number of para-hydroxylation sites is 1. The summed E-state index contributed by atoms with van der Waals surface area (Å²) in [7, 11) is 0. The van der Waals surface area contributed by atoms with Gasteiger partial charge in [0, 0.05) is 36.6 Å². The summed E-state index contributed by atoms with van der Waals surface area (Å²) in [5.41, 5.74) is 13.9. The number of amides is 6. The third-order valence-corrected chi connectivity index (χ3v) is 10.9. The molecule has 0 unspecified atom stereocenters. The number of nitrogens with zero attached hydrogens (tertiary/aromatic N) is 2. The maximum atomic E-state index is 14.3. The molecule has 0 radical (unpaired) electrons. The van der Waals surface area contributed by atoms with Gasteiger partial charge in [-0.05, 0) is 67.3 Å². The van der Waals surface area contributed by atoms with Gasteiger partial charge in [-0.25, -0.2) is 4.79 Å². The molecule has 0 spiro atoms. The second-order valence-electron chi connectivity index (χ2n) is 14.9. The van der Waals surface area contributed by atoms with Crippen molar-refractivity contribution < 1.29 is 43.8 Å². The van der Waals surface area contributed by atoms with Crippen LogP contribution in [0.2, 0.25) is 0 Å². The largest absolute Gasteiger partial charge is 0.508 e. The van der Waals surface area contributed by atoms with Crippen LogP contribution in [0.4, 0.5) is 0 Å². The first kappa shape index (κ1) is 42.2. The highest BCUT2D eigenvalue weighted by Gasteiger charge is 2.45. The summed E-state index contributed by atoms with van der Waals surface area (Å²) < 4.78 is 0. The number of hydrogen-bond acceptors (Lipinski definition) is 9. The lowest BCUT2D eigenvalue weighted by atomic mass is 9.96. The van der Waals surface area contributed by atoms with E-state index < -0.39 is 84.1 Å². The fraction of sp³-hybridized carbons (Fsp3) is 0.475. The number of nitrogens with two attached hydrogens (primary N) is 2. The molecule has 17 heteroatoms. The standard InChI is InChI=1S/C40H52N8O9/c1-3-22(2)34(46-35(51)27(41)19-24-21-43-28-9-5-4-8-26(24)28)39(55)48-17-7-11-32(48)38(54)47-16-6-10-31(47)37(53)44-29(18-23-12-14-25(49)15-13-23)36(52)45-30(40(56)57)20-33(42)50/h4-5,8-9,12-15,21-22,27,29-32,34,43,49H,3,6-7,10-11,16-20,41H2,1-2H3,(H2,42,50)(H,44,53)(H,45,52)(H,46,51)(H,56,57)/t22-,27-,29-,30-,31-,32-,34-/m0/s1. The molecule has 5 rings (SSSR count). The molecule has 2 aliphatic rings. The minimum absolute atomic E-state index is 0.0291. The fourth-order valence-electron chi connectivity index (χ4n) is 7.55. The molecule has 6 amide bonds. The van der Waals surface area contributed by atoms with E-state index in [1.165, 1.54) is 34.1 Å². The van der Waals surface area contributed by atoms with Gasteiger partial charge in [0.15, 0.2) is 0 Å². The van der Waals surface area contributed by atoms with Crippen LogP contribution in [0, 0.1) is 5.92 Å². The number of aromatic nitrogens is 1. The van der Waals surface area contributed by atoms with Gasteiger partial charge in [-0.15, -0.1) is 0 Å². The van der Waals surface area contributed by atoms with E-state index in [1.54, 1.807) is 0 Å². The number of carbonyl (C=O) groups is 7. The van der Waals surface area contributed by atoms with Crippen molar-refractivity contribution >= 4 is 52.3 Å². The topological polar surface area (TPSA) is 270 Å². The molecule has 2 aliphatic heterocycles. The van der Waals surface area contributed by atoms with Crippen LogP contribution in [-0.2, 0) is 46.4 Å². The number of aromatic hydroxyl groups is 1. The number of fused-ring (bicyclic) bond motifs is 1. The number of likely N-dealkylation sites (tertiary alicyclic amines) is 2. The Hall–Kier alpha value is -5.97. The number of phenolic OH excluding ortho intramolecular Hbond substituents is 1. The van der Waals surface area contributed by atoms with E-state index in [-0.39, 0.29) is 44.0 Å². The molecule has 3 aromatic rings. The van der Waals surface area contributed by atoms with Crippen molar-refractivity contribution in [2.45, 2.75) is 101 Å². The van der Waals surface area contributed by atoms with Crippen molar-refractivity contribution in [1.29, 1.82) is 0 Å². The molecule has 2 saturated heterocycles. The Morgan fingerprint density at radius 1 is 0.860 bits per heavy atom. The van der Waals surface area contributed by atoms with Crippen LogP contribution < -0.4 is 27.4 Å². The Kier molecular flexibility index (Phi) is 13.9. The van der Waals surface area contributed by atoms with Gasteiger partial charge < -0.3 is 52.4 Å². The second kappa shape index (κ2) is 18.8. The van der Waals surface area contributed by atoms with Gasteiger partial charge in [0.05, 0.1) is 12.5 Å². The SMILES string of the molecule is CC[C@H](C)[C@H](NC(=O)[C@@H](N)Cc1c[nH]c2ccccc12)C(=O)N1CCC[C@H]1C(=O)N1CCC[C@H]1C(=O)N[C@@H](Cc1ccc(O)cc1)C(=O)N[C@@H](CC(N)=O)C(=O)O. The number of carboxylic acids is 1. The summed E-state index contributed by atoms with van der Waals surface area (Å²) in [6, 6.07) is 6.74. The van der Waals surface area contributed by atoms with Crippen LogP contribution in [0.1, 0.15) is 63.5 Å². The normalized spacial score (nSPS) is 19.3. The highest BCUT2D eigenvalue weighted by Crippen LogP contribution is 2.27. The smallest absolute Gasteiger partial charge is 0.326 e. The van der Waals surface area contributed by atoms with Gasteiger partial charge in [0.25, 0.3) is 0 Å². The van der Waals surface area contributed by atoms with Crippen LogP contribution in [0.5, 0.6) is 5.75 Å². The predicted molar refractivity (Wildman–Crippen MR) is 208 cm³/mol. The molecule has 10 N–H and O–H groups in total. The summed E-state index contributed by atoms with van der Waals surface area (Å²) in [5.74, 6) is -5.67. The number of aliphatic carboxylic acids is 1. The molecule has 3 heterocycles. The zero-order valence-corrected chi connectivity index (χ0v) is 32.1. The first-order chi connectivity index (χ1) is 27.2. The van der Waals surface area contributed by atoms with E-state index in [9.17, 15) is 43.8 Å². The molecule has 1 aromatic heterocycles.